The van der Waals surface area contributed by atoms with E-state index >= 15 is 0 Å². The Morgan fingerprint density at radius 2 is 1.86 bits per heavy atom. The summed E-state index contributed by atoms with van der Waals surface area (Å²) < 4.78 is 21.7. The van der Waals surface area contributed by atoms with Crippen molar-refractivity contribution in [1.82, 2.24) is 15.5 Å². The maximum Gasteiger partial charge on any atom is 0.286 e. The molecule has 1 aromatic heterocycles. The van der Waals surface area contributed by atoms with E-state index in [-0.39, 0.29) is 23.6 Å². The quantitative estimate of drug-likeness (QED) is 0.437. The Balaban J connectivity index is 1.28. The highest BCUT2D eigenvalue weighted by molar-refractivity contribution is 7.13. The van der Waals surface area contributed by atoms with E-state index in [0.717, 1.165) is 30.8 Å². The minimum atomic E-state index is -0.393. The molecule has 10 nitrogen and oxygen atoms in total. The maximum absolute atomic E-state index is 12.6. The van der Waals surface area contributed by atoms with Crippen LogP contribution in [-0.4, -0.2) is 55.5 Å². The summed E-state index contributed by atoms with van der Waals surface area (Å²) in [5.74, 6) is 1.15. The average Bonchev–Trinajstić information content (AvgIpc) is 3.59. The molecule has 0 aliphatic carbocycles. The number of nitrogens with one attached hydrogen (secondary N) is 2. The van der Waals surface area contributed by atoms with Gasteiger partial charge in [-0.15, -0.1) is 10.2 Å². The molecule has 35 heavy (non-hydrogen) atoms. The third kappa shape index (κ3) is 6.46. The Hall–Kier alpha value is -3.70. The number of aromatic nitrogens is 2. The predicted octanol–water partition coefficient (Wildman–Crippen LogP) is 3.30. The minimum absolute atomic E-state index is 0.0822. The van der Waals surface area contributed by atoms with E-state index in [9.17, 15) is 9.59 Å². The largest absolute Gasteiger partial charge is 0.493 e. The molecule has 2 heterocycles. The van der Waals surface area contributed by atoms with Crippen LogP contribution < -0.4 is 24.8 Å². The van der Waals surface area contributed by atoms with E-state index in [1.807, 2.05) is 0 Å². The van der Waals surface area contributed by atoms with E-state index in [0.29, 0.717) is 40.1 Å². The molecule has 1 aliphatic heterocycles. The van der Waals surface area contributed by atoms with Crippen LogP contribution in [0.5, 0.6) is 17.2 Å². The lowest BCUT2D eigenvalue weighted by atomic mass is 10.2. The van der Waals surface area contributed by atoms with Crippen molar-refractivity contribution in [2.75, 3.05) is 32.7 Å². The molecule has 0 radical (unpaired) electrons. The van der Waals surface area contributed by atoms with Crippen molar-refractivity contribution in [3.8, 4) is 17.2 Å². The normalized spacial score (nSPS) is 14.9. The van der Waals surface area contributed by atoms with E-state index < -0.39 is 5.91 Å². The van der Waals surface area contributed by atoms with Crippen LogP contribution in [-0.2, 0) is 11.3 Å². The van der Waals surface area contributed by atoms with Crippen molar-refractivity contribution >= 4 is 28.8 Å². The first kappa shape index (κ1) is 24.4. The van der Waals surface area contributed by atoms with Crippen molar-refractivity contribution in [3.63, 3.8) is 0 Å². The molecule has 1 saturated heterocycles. The Bertz CT molecular complexity index is 1160. The van der Waals surface area contributed by atoms with Gasteiger partial charge in [-0.2, -0.15) is 0 Å². The van der Waals surface area contributed by atoms with Gasteiger partial charge in [-0.05, 0) is 49.2 Å². The van der Waals surface area contributed by atoms with E-state index in [2.05, 4.69) is 20.8 Å². The summed E-state index contributed by atoms with van der Waals surface area (Å²) in [7, 11) is 3.11. The summed E-state index contributed by atoms with van der Waals surface area (Å²) in [6.45, 7) is 1.39. The predicted molar refractivity (Wildman–Crippen MR) is 129 cm³/mol. The van der Waals surface area contributed by atoms with Gasteiger partial charge in [0.15, 0.2) is 16.5 Å². The Kier molecular flexibility index (Phi) is 8.11. The number of rotatable bonds is 10. The van der Waals surface area contributed by atoms with E-state index in [1.54, 1.807) is 56.7 Å². The van der Waals surface area contributed by atoms with Crippen LogP contribution in [0.25, 0.3) is 0 Å². The number of benzene rings is 2. The number of methoxy groups -OCH3 is 2. The van der Waals surface area contributed by atoms with Crippen molar-refractivity contribution in [2.45, 2.75) is 25.6 Å². The Morgan fingerprint density at radius 3 is 2.57 bits per heavy atom. The summed E-state index contributed by atoms with van der Waals surface area (Å²) in [5, 5.41) is 14.4. The second kappa shape index (κ2) is 11.6. The van der Waals surface area contributed by atoms with Crippen molar-refractivity contribution in [3.05, 3.63) is 58.0 Å². The summed E-state index contributed by atoms with van der Waals surface area (Å²) in [5.41, 5.74) is 1.05. The molecule has 3 aromatic rings. The summed E-state index contributed by atoms with van der Waals surface area (Å²) in [6, 6.07) is 11.8. The van der Waals surface area contributed by atoms with Crippen molar-refractivity contribution in [2.24, 2.45) is 0 Å². The zero-order valence-electron chi connectivity index (χ0n) is 19.4. The van der Waals surface area contributed by atoms with Crippen LogP contribution in [0.1, 0.15) is 38.0 Å². The monoisotopic (exact) mass is 498 g/mol. The van der Waals surface area contributed by atoms with Gasteiger partial charge in [0, 0.05) is 30.5 Å². The molecular weight excluding hydrogens is 472 g/mol. The fourth-order valence-electron chi connectivity index (χ4n) is 3.46. The molecule has 0 saturated carbocycles. The van der Waals surface area contributed by atoms with Gasteiger partial charge in [-0.25, -0.2) is 0 Å². The molecule has 1 atom stereocenters. The smallest absolute Gasteiger partial charge is 0.286 e. The molecule has 1 unspecified atom stereocenters. The molecular formula is C24H26N4O6S. The van der Waals surface area contributed by atoms with Gasteiger partial charge >= 0.3 is 0 Å². The topological polar surface area (TPSA) is 121 Å². The number of anilines is 1. The van der Waals surface area contributed by atoms with Gasteiger partial charge in [0.2, 0.25) is 5.01 Å². The number of hydrogen-bond donors (Lipinski definition) is 2. The number of carbonyl (C=O) groups excluding carboxylic acids is 2. The first-order chi connectivity index (χ1) is 17.1. The number of hydrogen-bond acceptors (Lipinski definition) is 9. The highest BCUT2D eigenvalue weighted by Crippen LogP contribution is 2.31. The molecule has 184 valence electrons. The molecule has 2 aromatic carbocycles. The second-order valence-corrected chi connectivity index (χ2v) is 8.75. The number of carbonyl (C=O) groups is 2. The van der Waals surface area contributed by atoms with Gasteiger partial charge < -0.3 is 29.6 Å². The molecule has 1 fully saturated rings. The second-order valence-electron chi connectivity index (χ2n) is 7.68. The van der Waals surface area contributed by atoms with Gasteiger partial charge in [-0.3, -0.25) is 9.59 Å². The fraction of sp³-hybridized carbons (Fsp3) is 0.333. The Labute approximate surface area is 206 Å². The molecule has 1 aliphatic rings. The van der Waals surface area contributed by atoms with Crippen LogP contribution in [0.4, 0.5) is 5.69 Å². The molecule has 0 spiro atoms. The fourth-order valence-corrected chi connectivity index (χ4v) is 4.11. The molecule has 0 bridgehead atoms. The number of amides is 2. The maximum atomic E-state index is 12.6. The molecule has 2 N–H and O–H groups in total. The van der Waals surface area contributed by atoms with Crippen LogP contribution in [0.3, 0.4) is 0 Å². The van der Waals surface area contributed by atoms with Crippen LogP contribution in [0, 0.1) is 0 Å². The van der Waals surface area contributed by atoms with E-state index in [4.69, 9.17) is 18.9 Å². The lowest BCUT2D eigenvalue weighted by molar-refractivity contribution is 0.0857. The summed E-state index contributed by atoms with van der Waals surface area (Å²) in [4.78, 5) is 24.9. The number of ether oxygens (including phenoxy) is 4. The Morgan fingerprint density at radius 1 is 1.06 bits per heavy atom. The van der Waals surface area contributed by atoms with Crippen LogP contribution in [0.2, 0.25) is 0 Å². The lowest BCUT2D eigenvalue weighted by Gasteiger charge is -2.11. The third-order valence-corrected chi connectivity index (χ3v) is 6.19. The van der Waals surface area contributed by atoms with Gasteiger partial charge in [0.25, 0.3) is 11.8 Å². The standard InChI is InChI=1S/C24H26N4O6S/c1-31-19-10-9-17(12-20(19)32-2)34-14-21-27-28-24(35-21)23(30)26-16-7-5-15(6-8-16)22(29)25-13-18-4-3-11-33-18/h5-10,12,18H,3-4,11,13-14H2,1-2H3,(H,25,29)(H,26,30). The highest BCUT2D eigenvalue weighted by Gasteiger charge is 2.17. The van der Waals surface area contributed by atoms with Gasteiger partial charge in [0.05, 0.1) is 20.3 Å². The van der Waals surface area contributed by atoms with Crippen molar-refractivity contribution < 1.29 is 28.5 Å². The third-order valence-electron chi connectivity index (χ3n) is 5.30. The van der Waals surface area contributed by atoms with Crippen molar-refractivity contribution in [1.29, 1.82) is 0 Å². The summed E-state index contributed by atoms with van der Waals surface area (Å²) >= 11 is 1.13. The first-order valence-corrected chi connectivity index (χ1v) is 11.9. The van der Waals surface area contributed by atoms with E-state index in [1.165, 1.54) is 0 Å². The highest BCUT2D eigenvalue weighted by atomic mass is 32.1. The minimum Gasteiger partial charge on any atom is -0.493 e. The first-order valence-electron chi connectivity index (χ1n) is 11.0. The molecule has 11 heteroatoms. The zero-order chi connectivity index (χ0) is 24.6. The van der Waals surface area contributed by atoms with Crippen LogP contribution >= 0.6 is 11.3 Å². The molecule has 4 rings (SSSR count). The van der Waals surface area contributed by atoms with Gasteiger partial charge in [-0.1, -0.05) is 11.3 Å². The van der Waals surface area contributed by atoms with Gasteiger partial charge in [0.1, 0.15) is 12.4 Å². The average molecular weight is 499 g/mol. The number of nitrogens with zero attached hydrogens (tertiary/aromatic N) is 2. The summed E-state index contributed by atoms with van der Waals surface area (Å²) in [6.07, 6.45) is 2.07. The zero-order valence-corrected chi connectivity index (χ0v) is 20.2. The van der Waals surface area contributed by atoms with Crippen LogP contribution in [0.15, 0.2) is 42.5 Å². The lowest BCUT2D eigenvalue weighted by Crippen LogP contribution is -2.31. The SMILES string of the molecule is COc1ccc(OCc2nnc(C(=O)Nc3ccc(C(=O)NCC4CCCO4)cc3)s2)cc1OC. The molecule has 2 amide bonds.